The zero-order valence-corrected chi connectivity index (χ0v) is 12.5. The van der Waals surface area contributed by atoms with Crippen molar-refractivity contribution in [1.82, 2.24) is 9.62 Å². The summed E-state index contributed by atoms with van der Waals surface area (Å²) in [7, 11) is 0.520. The van der Waals surface area contributed by atoms with E-state index in [0.29, 0.717) is 6.54 Å². The minimum absolute atomic E-state index is 0.0451. The molecule has 0 aliphatic rings. The number of hydrogen-bond acceptors (Lipinski definition) is 4. The van der Waals surface area contributed by atoms with E-state index in [2.05, 4.69) is 11.9 Å². The largest absolute Gasteiger partial charge is 0.495 e. The summed E-state index contributed by atoms with van der Waals surface area (Å²) in [4.78, 5) is 11.8. The number of ether oxygens (including phenoxy) is 1. The number of hydrogen-bond donors (Lipinski definition) is 1. The fourth-order valence-electron chi connectivity index (χ4n) is 1.48. The van der Waals surface area contributed by atoms with E-state index < -0.39 is 10.0 Å². The Bertz CT molecular complexity index is 609. The number of carbonyl (C=O) groups is 1. The van der Waals surface area contributed by atoms with Gasteiger partial charge in [-0.05, 0) is 18.2 Å². The van der Waals surface area contributed by atoms with Crippen molar-refractivity contribution in [3.05, 3.63) is 36.4 Å². The van der Waals surface area contributed by atoms with Gasteiger partial charge in [0.15, 0.2) is 0 Å². The molecule has 0 aliphatic heterocycles. The molecule has 1 amide bonds. The number of methoxy groups -OCH3 is 1. The Labute approximate surface area is 119 Å². The van der Waals surface area contributed by atoms with Crippen LogP contribution in [0.2, 0.25) is 0 Å². The molecule has 1 rings (SSSR count). The second-order valence-corrected chi connectivity index (χ2v) is 6.27. The number of benzene rings is 1. The first-order valence-corrected chi connectivity index (χ1v) is 7.28. The number of sulfonamides is 1. The van der Waals surface area contributed by atoms with Crippen LogP contribution in [0.15, 0.2) is 35.7 Å². The van der Waals surface area contributed by atoms with Crippen molar-refractivity contribution in [3.8, 4) is 5.75 Å². The van der Waals surface area contributed by atoms with Crippen LogP contribution >= 0.6 is 0 Å². The van der Waals surface area contributed by atoms with E-state index in [1.54, 1.807) is 6.08 Å². The maximum Gasteiger partial charge on any atom is 0.251 e. The van der Waals surface area contributed by atoms with Gasteiger partial charge in [0.1, 0.15) is 10.6 Å². The lowest BCUT2D eigenvalue weighted by Crippen LogP contribution is -2.25. The van der Waals surface area contributed by atoms with E-state index in [1.165, 1.54) is 39.4 Å². The fourth-order valence-corrected chi connectivity index (χ4v) is 2.56. The molecule has 1 aromatic carbocycles. The molecular formula is C13H18N2O4S. The summed E-state index contributed by atoms with van der Waals surface area (Å²) >= 11 is 0. The maximum absolute atomic E-state index is 12.2. The molecular weight excluding hydrogens is 280 g/mol. The zero-order valence-electron chi connectivity index (χ0n) is 11.7. The summed E-state index contributed by atoms with van der Waals surface area (Å²) in [5.74, 6) is -0.179. The van der Waals surface area contributed by atoms with Gasteiger partial charge < -0.3 is 10.1 Å². The van der Waals surface area contributed by atoms with Crippen molar-refractivity contribution in [2.75, 3.05) is 27.7 Å². The Morgan fingerprint density at radius 2 is 2.10 bits per heavy atom. The average Bonchev–Trinajstić information content (AvgIpc) is 2.43. The minimum Gasteiger partial charge on any atom is -0.495 e. The molecule has 0 bridgehead atoms. The fraction of sp³-hybridized carbons (Fsp3) is 0.308. The second kappa shape index (κ2) is 6.53. The molecule has 1 aromatic rings. The van der Waals surface area contributed by atoms with Gasteiger partial charge in [0.2, 0.25) is 10.0 Å². The number of carbonyl (C=O) groups excluding carboxylic acids is 1. The molecule has 0 unspecified atom stereocenters. The van der Waals surface area contributed by atoms with Gasteiger partial charge in [0.05, 0.1) is 7.11 Å². The predicted molar refractivity (Wildman–Crippen MR) is 76.4 cm³/mol. The molecule has 6 nitrogen and oxygen atoms in total. The van der Waals surface area contributed by atoms with E-state index >= 15 is 0 Å². The molecule has 0 radical (unpaired) electrons. The highest BCUT2D eigenvalue weighted by atomic mass is 32.2. The lowest BCUT2D eigenvalue weighted by atomic mass is 10.2. The van der Waals surface area contributed by atoms with Crippen LogP contribution in [0, 0.1) is 0 Å². The summed E-state index contributed by atoms with van der Waals surface area (Å²) < 4.78 is 30.5. The normalized spacial score (nSPS) is 11.2. The average molecular weight is 298 g/mol. The molecule has 110 valence electrons. The van der Waals surface area contributed by atoms with Gasteiger partial charge in [0, 0.05) is 26.2 Å². The number of nitrogens with zero attached hydrogens (tertiary/aromatic N) is 1. The van der Waals surface area contributed by atoms with E-state index in [0.717, 1.165) is 4.31 Å². The summed E-state index contributed by atoms with van der Waals surface area (Å²) in [6, 6.07) is 4.26. The van der Waals surface area contributed by atoms with Gasteiger partial charge in [-0.3, -0.25) is 4.79 Å². The maximum atomic E-state index is 12.2. The zero-order chi connectivity index (χ0) is 15.3. The molecule has 20 heavy (non-hydrogen) atoms. The second-order valence-electron chi connectivity index (χ2n) is 4.15. The molecule has 0 saturated carbocycles. The monoisotopic (exact) mass is 298 g/mol. The van der Waals surface area contributed by atoms with E-state index in [1.807, 2.05) is 0 Å². The van der Waals surface area contributed by atoms with E-state index in [4.69, 9.17) is 4.74 Å². The third-order valence-corrected chi connectivity index (χ3v) is 4.43. The third kappa shape index (κ3) is 3.37. The number of rotatable bonds is 6. The Morgan fingerprint density at radius 3 is 2.60 bits per heavy atom. The molecule has 0 aromatic heterocycles. The van der Waals surface area contributed by atoms with Crippen LogP contribution in [0.4, 0.5) is 0 Å². The predicted octanol–water partition coefficient (Wildman–Crippen LogP) is 0.861. The Morgan fingerprint density at radius 1 is 1.45 bits per heavy atom. The van der Waals surface area contributed by atoms with Gasteiger partial charge >= 0.3 is 0 Å². The molecule has 0 heterocycles. The van der Waals surface area contributed by atoms with Crippen molar-refractivity contribution in [3.63, 3.8) is 0 Å². The van der Waals surface area contributed by atoms with Crippen LogP contribution in [0.5, 0.6) is 5.75 Å². The van der Waals surface area contributed by atoms with Gasteiger partial charge in [-0.25, -0.2) is 12.7 Å². The quantitative estimate of drug-likeness (QED) is 0.790. The van der Waals surface area contributed by atoms with Crippen molar-refractivity contribution < 1.29 is 17.9 Å². The van der Waals surface area contributed by atoms with Gasteiger partial charge in [-0.15, -0.1) is 6.58 Å². The first kappa shape index (κ1) is 16.2. The van der Waals surface area contributed by atoms with Crippen molar-refractivity contribution in [2.45, 2.75) is 4.90 Å². The summed E-state index contributed by atoms with van der Waals surface area (Å²) in [5.41, 5.74) is 0.244. The standard InChI is InChI=1S/C13H18N2O4S/c1-5-8-14-13(16)10-6-7-11(19-4)12(9-10)20(17,18)15(2)3/h5-7,9H,1,8H2,2-4H3,(H,14,16). The molecule has 0 spiro atoms. The van der Waals surface area contributed by atoms with Crippen LogP contribution in [0.25, 0.3) is 0 Å². The molecule has 0 saturated heterocycles. The highest BCUT2D eigenvalue weighted by Crippen LogP contribution is 2.26. The smallest absolute Gasteiger partial charge is 0.251 e. The highest BCUT2D eigenvalue weighted by molar-refractivity contribution is 7.89. The van der Waals surface area contributed by atoms with Crippen molar-refractivity contribution in [2.24, 2.45) is 0 Å². The molecule has 0 fully saturated rings. The summed E-state index contributed by atoms with van der Waals surface area (Å²) in [5, 5.41) is 2.59. The van der Waals surface area contributed by atoms with E-state index in [9.17, 15) is 13.2 Å². The van der Waals surface area contributed by atoms with E-state index in [-0.39, 0.29) is 22.1 Å². The van der Waals surface area contributed by atoms with Crippen LogP contribution in [0.3, 0.4) is 0 Å². The topological polar surface area (TPSA) is 75.7 Å². The van der Waals surface area contributed by atoms with Gasteiger partial charge in [-0.1, -0.05) is 6.08 Å². The summed E-state index contributed by atoms with van der Waals surface area (Å²) in [6.07, 6.45) is 1.54. The first-order chi connectivity index (χ1) is 9.34. The van der Waals surface area contributed by atoms with Crippen LogP contribution in [-0.2, 0) is 10.0 Å². The Hall–Kier alpha value is -1.86. The molecule has 0 atom stereocenters. The SMILES string of the molecule is C=CCNC(=O)c1ccc(OC)c(S(=O)(=O)N(C)C)c1. The van der Waals surface area contributed by atoms with Crippen LogP contribution < -0.4 is 10.1 Å². The number of amides is 1. The lowest BCUT2D eigenvalue weighted by molar-refractivity contribution is 0.0957. The third-order valence-electron chi connectivity index (χ3n) is 2.59. The molecule has 0 aliphatic carbocycles. The van der Waals surface area contributed by atoms with Crippen molar-refractivity contribution in [1.29, 1.82) is 0 Å². The highest BCUT2D eigenvalue weighted by Gasteiger charge is 2.23. The Balaban J connectivity index is 3.29. The van der Waals surface area contributed by atoms with Gasteiger partial charge in [0.25, 0.3) is 5.91 Å². The lowest BCUT2D eigenvalue weighted by Gasteiger charge is -2.15. The molecule has 7 heteroatoms. The number of nitrogens with one attached hydrogen (secondary N) is 1. The van der Waals surface area contributed by atoms with Crippen LogP contribution in [0.1, 0.15) is 10.4 Å². The van der Waals surface area contributed by atoms with Crippen LogP contribution in [-0.4, -0.2) is 46.4 Å². The van der Waals surface area contributed by atoms with Crippen molar-refractivity contribution >= 4 is 15.9 Å². The van der Waals surface area contributed by atoms with Gasteiger partial charge in [-0.2, -0.15) is 0 Å². The molecule has 1 N–H and O–H groups in total. The minimum atomic E-state index is -3.69. The first-order valence-electron chi connectivity index (χ1n) is 5.84. The Kier molecular flexibility index (Phi) is 5.29. The summed E-state index contributed by atoms with van der Waals surface area (Å²) in [6.45, 7) is 3.80.